The number of nitrogens with two attached hydrogens (primary N) is 1. The van der Waals surface area contributed by atoms with Crippen molar-refractivity contribution in [1.29, 1.82) is 0 Å². The highest BCUT2D eigenvalue weighted by molar-refractivity contribution is 6.30. The minimum atomic E-state index is -0.351. The third-order valence-corrected chi connectivity index (χ3v) is 2.12. The van der Waals surface area contributed by atoms with Gasteiger partial charge in [0.25, 0.3) is 0 Å². The molecule has 0 aliphatic heterocycles. The molecule has 0 fully saturated rings. The number of nitrogen functional groups attached to an aromatic ring is 1. The molecule has 0 saturated carbocycles. The predicted octanol–water partition coefficient (Wildman–Crippen LogP) is 1.13. The number of halogens is 1. The maximum absolute atomic E-state index is 11.2. The van der Waals surface area contributed by atoms with Crippen LogP contribution in [0.25, 0.3) is 0 Å². The van der Waals surface area contributed by atoms with Gasteiger partial charge in [0.15, 0.2) is 0 Å². The van der Waals surface area contributed by atoms with E-state index in [4.69, 9.17) is 22.1 Å². The van der Waals surface area contributed by atoms with Crippen LogP contribution in [0.5, 0.6) is 0 Å². The molecular weight excluding hydrogens is 218 g/mol. The Morgan fingerprint density at radius 1 is 1.53 bits per heavy atom. The summed E-state index contributed by atoms with van der Waals surface area (Å²) in [5.74, 6) is -0.249. The summed E-state index contributed by atoms with van der Waals surface area (Å²) in [4.78, 5) is 18.9. The lowest BCUT2D eigenvalue weighted by atomic mass is 10.2. The minimum absolute atomic E-state index is 0.0682. The molecule has 5 nitrogen and oxygen atoms in total. The van der Waals surface area contributed by atoms with Gasteiger partial charge in [-0.15, -0.1) is 0 Å². The Kier molecular flexibility index (Phi) is 3.85. The van der Waals surface area contributed by atoms with E-state index >= 15 is 0 Å². The Morgan fingerprint density at radius 2 is 2.20 bits per heavy atom. The van der Waals surface area contributed by atoms with Crippen molar-refractivity contribution in [1.82, 2.24) is 9.97 Å². The van der Waals surface area contributed by atoms with Gasteiger partial charge in [0.05, 0.1) is 13.0 Å². The fourth-order valence-corrected chi connectivity index (χ4v) is 1.43. The Hall–Kier alpha value is -1.36. The minimum Gasteiger partial charge on any atom is -0.466 e. The zero-order valence-corrected chi connectivity index (χ0v) is 9.34. The fraction of sp³-hybridized carbons (Fsp3) is 0.444. The van der Waals surface area contributed by atoms with Crippen LogP contribution in [0.1, 0.15) is 18.2 Å². The van der Waals surface area contributed by atoms with E-state index in [2.05, 4.69) is 9.97 Å². The summed E-state index contributed by atoms with van der Waals surface area (Å²) in [7, 11) is 0. The molecule has 2 N–H and O–H groups in total. The van der Waals surface area contributed by atoms with E-state index < -0.39 is 0 Å². The molecule has 0 unspecified atom stereocenters. The average Bonchev–Trinajstić information content (AvgIpc) is 2.11. The smallest absolute Gasteiger partial charge is 0.310 e. The van der Waals surface area contributed by atoms with Gasteiger partial charge in [-0.3, -0.25) is 4.79 Å². The van der Waals surface area contributed by atoms with Crippen LogP contribution < -0.4 is 5.73 Å². The molecule has 0 radical (unpaired) electrons. The van der Waals surface area contributed by atoms with Gasteiger partial charge in [0, 0.05) is 11.3 Å². The zero-order valence-electron chi connectivity index (χ0n) is 8.58. The van der Waals surface area contributed by atoms with Crippen LogP contribution in [-0.2, 0) is 16.0 Å². The van der Waals surface area contributed by atoms with Crippen molar-refractivity contribution in [2.45, 2.75) is 20.3 Å². The van der Waals surface area contributed by atoms with E-state index in [1.165, 1.54) is 0 Å². The summed E-state index contributed by atoms with van der Waals surface area (Å²) in [5, 5.41) is 0.202. The van der Waals surface area contributed by atoms with Gasteiger partial charge in [-0.05, 0) is 13.8 Å². The third-order valence-electron chi connectivity index (χ3n) is 1.81. The Balaban J connectivity index is 2.90. The second-order valence-electron chi connectivity index (χ2n) is 2.92. The number of nitrogens with zero attached hydrogens (tertiary/aromatic N) is 2. The molecule has 0 aromatic carbocycles. The summed E-state index contributed by atoms with van der Waals surface area (Å²) in [6.07, 6.45) is 0.0682. The number of aromatic nitrogens is 2. The van der Waals surface area contributed by atoms with Gasteiger partial charge >= 0.3 is 5.97 Å². The van der Waals surface area contributed by atoms with Crippen molar-refractivity contribution < 1.29 is 9.53 Å². The second kappa shape index (κ2) is 4.93. The summed E-state index contributed by atoms with van der Waals surface area (Å²) in [5.41, 5.74) is 6.55. The van der Waals surface area contributed by atoms with E-state index in [-0.39, 0.29) is 23.5 Å². The number of hydrogen-bond acceptors (Lipinski definition) is 5. The molecule has 0 atom stereocenters. The molecule has 6 heteroatoms. The lowest BCUT2D eigenvalue weighted by molar-refractivity contribution is -0.142. The highest BCUT2D eigenvalue weighted by atomic mass is 35.5. The first kappa shape index (κ1) is 11.7. The molecule has 0 aliphatic rings. The van der Waals surface area contributed by atoms with E-state index in [1.54, 1.807) is 13.8 Å². The lowest BCUT2D eigenvalue weighted by Gasteiger charge is -2.07. The molecule has 1 aromatic heterocycles. The van der Waals surface area contributed by atoms with Crippen LogP contribution in [0.3, 0.4) is 0 Å². The summed E-state index contributed by atoms with van der Waals surface area (Å²) < 4.78 is 4.80. The van der Waals surface area contributed by atoms with Crippen LogP contribution in [0, 0.1) is 6.92 Å². The monoisotopic (exact) mass is 229 g/mol. The maximum atomic E-state index is 11.2. The zero-order chi connectivity index (χ0) is 11.4. The van der Waals surface area contributed by atoms with Gasteiger partial charge in [-0.25, -0.2) is 9.97 Å². The molecule has 0 saturated heterocycles. The first-order valence-electron chi connectivity index (χ1n) is 4.48. The van der Waals surface area contributed by atoms with Crippen LogP contribution in [0.4, 0.5) is 5.95 Å². The molecule has 82 valence electrons. The van der Waals surface area contributed by atoms with Gasteiger partial charge in [0.2, 0.25) is 5.95 Å². The highest BCUT2D eigenvalue weighted by Crippen LogP contribution is 2.18. The van der Waals surface area contributed by atoms with E-state index in [0.29, 0.717) is 17.9 Å². The third kappa shape index (κ3) is 3.06. The van der Waals surface area contributed by atoms with Crippen LogP contribution >= 0.6 is 11.6 Å². The molecule has 0 bridgehead atoms. The normalized spacial score (nSPS) is 10.1. The SMILES string of the molecule is CCOC(=O)Cc1c(C)nc(N)nc1Cl. The molecule has 15 heavy (non-hydrogen) atoms. The molecule has 1 aromatic rings. The summed E-state index contributed by atoms with van der Waals surface area (Å²) in [6.45, 7) is 3.80. The van der Waals surface area contributed by atoms with Crippen LogP contribution in [0.2, 0.25) is 5.15 Å². The summed E-state index contributed by atoms with van der Waals surface area (Å²) >= 11 is 5.84. The van der Waals surface area contributed by atoms with E-state index in [1.807, 2.05) is 0 Å². The average molecular weight is 230 g/mol. The number of aryl methyl sites for hydroxylation is 1. The second-order valence-corrected chi connectivity index (χ2v) is 3.28. The van der Waals surface area contributed by atoms with Gasteiger partial charge in [-0.1, -0.05) is 11.6 Å². The van der Waals surface area contributed by atoms with Crippen molar-refractivity contribution in [3.05, 3.63) is 16.4 Å². The number of carbonyl (C=O) groups is 1. The Labute approximate surface area is 92.6 Å². The largest absolute Gasteiger partial charge is 0.466 e. The number of anilines is 1. The van der Waals surface area contributed by atoms with Crippen molar-refractivity contribution in [3.63, 3.8) is 0 Å². The van der Waals surface area contributed by atoms with E-state index in [0.717, 1.165) is 0 Å². The van der Waals surface area contributed by atoms with Crippen molar-refractivity contribution in [2.75, 3.05) is 12.3 Å². The van der Waals surface area contributed by atoms with Gasteiger partial charge in [-0.2, -0.15) is 0 Å². The number of hydrogen-bond donors (Lipinski definition) is 1. The summed E-state index contributed by atoms with van der Waals surface area (Å²) in [6, 6.07) is 0. The number of ether oxygens (including phenoxy) is 1. The lowest BCUT2D eigenvalue weighted by Crippen LogP contribution is -2.11. The Bertz CT molecular complexity index is 359. The molecule has 0 aliphatic carbocycles. The van der Waals surface area contributed by atoms with Crippen LogP contribution in [-0.4, -0.2) is 22.5 Å². The number of rotatable bonds is 3. The number of esters is 1. The van der Waals surface area contributed by atoms with Crippen molar-refractivity contribution >= 4 is 23.5 Å². The molecule has 0 amide bonds. The number of carbonyl (C=O) groups excluding carboxylic acids is 1. The molecular formula is C9H12ClN3O2. The van der Waals surface area contributed by atoms with Crippen molar-refractivity contribution in [3.8, 4) is 0 Å². The topological polar surface area (TPSA) is 78.1 Å². The standard InChI is InChI=1S/C9H12ClN3O2/c1-3-15-7(14)4-6-5(2)12-9(11)13-8(6)10/h3-4H2,1-2H3,(H2,11,12,13). The van der Waals surface area contributed by atoms with Crippen molar-refractivity contribution in [2.24, 2.45) is 0 Å². The molecule has 0 spiro atoms. The first-order chi connectivity index (χ1) is 7.04. The molecule has 1 rings (SSSR count). The Morgan fingerprint density at radius 3 is 2.73 bits per heavy atom. The highest BCUT2D eigenvalue weighted by Gasteiger charge is 2.13. The van der Waals surface area contributed by atoms with E-state index in [9.17, 15) is 4.79 Å². The predicted molar refractivity (Wildman–Crippen MR) is 56.5 cm³/mol. The fourth-order valence-electron chi connectivity index (χ4n) is 1.14. The van der Waals surface area contributed by atoms with Gasteiger partial charge < -0.3 is 10.5 Å². The van der Waals surface area contributed by atoms with Gasteiger partial charge in [0.1, 0.15) is 5.15 Å². The quantitative estimate of drug-likeness (QED) is 0.621. The first-order valence-corrected chi connectivity index (χ1v) is 4.86. The molecule has 1 heterocycles. The maximum Gasteiger partial charge on any atom is 0.310 e. The van der Waals surface area contributed by atoms with Crippen LogP contribution in [0.15, 0.2) is 0 Å².